The van der Waals surface area contributed by atoms with Crippen molar-refractivity contribution >= 4 is 34.6 Å². The Morgan fingerprint density at radius 2 is 1.03 bits per heavy atom. The Labute approximate surface area is 207 Å². The smallest absolute Gasteiger partial charge is 0.303 e. The molecular weight excluding hydrogens is 464 g/mol. The van der Waals surface area contributed by atoms with E-state index in [0.717, 1.165) is 10.8 Å². The third kappa shape index (κ3) is 3.79. The van der Waals surface area contributed by atoms with Crippen molar-refractivity contribution in [2.75, 3.05) is 0 Å². The quantitative estimate of drug-likeness (QED) is 0.375. The van der Waals surface area contributed by atoms with Gasteiger partial charge in [-0.05, 0) is 28.0 Å². The zero-order chi connectivity index (χ0) is 25.7. The Hall–Kier alpha value is -4.20. The Balaban J connectivity index is 1.92. The summed E-state index contributed by atoms with van der Waals surface area (Å²) in [5.74, 6) is -2.15. The summed E-state index contributed by atoms with van der Waals surface area (Å²) in [5.41, 5.74) is 3.89. The van der Waals surface area contributed by atoms with Crippen LogP contribution >= 0.6 is 0 Å². The van der Waals surface area contributed by atoms with Crippen LogP contribution in [0.25, 0.3) is 21.9 Å². The maximum absolute atomic E-state index is 12.3. The molecule has 0 saturated heterocycles. The molecule has 3 aromatic rings. The minimum atomic E-state index is -0.947. The Morgan fingerprint density at radius 1 is 0.556 bits per heavy atom. The summed E-state index contributed by atoms with van der Waals surface area (Å²) in [7, 11) is 0. The van der Waals surface area contributed by atoms with Gasteiger partial charge in [0.1, 0.15) is 0 Å². The van der Waals surface area contributed by atoms with Gasteiger partial charge in [0.15, 0.2) is 24.4 Å². The highest BCUT2D eigenvalue weighted by Crippen LogP contribution is 2.59. The lowest BCUT2D eigenvalue weighted by Crippen LogP contribution is -2.32. The minimum Gasteiger partial charge on any atom is -0.453 e. The molecule has 3 aromatic carbocycles. The molecule has 4 atom stereocenters. The van der Waals surface area contributed by atoms with Gasteiger partial charge in [0.2, 0.25) is 0 Å². The number of carbonyl (C=O) groups is 4. The molecule has 0 amide bonds. The maximum atomic E-state index is 12.3. The predicted octanol–water partition coefficient (Wildman–Crippen LogP) is 4.95. The molecule has 0 saturated carbocycles. The number of carbonyl (C=O) groups excluding carboxylic acids is 4. The number of benzene rings is 3. The number of hydrogen-bond acceptors (Lipinski definition) is 8. The Bertz CT molecular complexity index is 1420. The molecule has 0 heterocycles. The molecule has 184 valence electrons. The van der Waals surface area contributed by atoms with E-state index in [1.807, 2.05) is 30.3 Å². The van der Waals surface area contributed by atoms with Gasteiger partial charge in [-0.3, -0.25) is 19.2 Å². The molecule has 8 heteroatoms. The average Bonchev–Trinajstić information content (AvgIpc) is 2.80. The highest BCUT2D eigenvalue weighted by atomic mass is 16.6. The fraction of sp³-hybridized carbons (Fsp3) is 0.286. The standard InChI is InChI=1S/C28H24O8/c1-13(29)33-25-19-10-7-11-20-22(19)23-21(27(25)35-15(3)31)12-17-8-5-6-9-18(17)24(23)28(36-16(4)32)26(20)34-14(2)30/h5-12,25-28H,1-4H3/t25-,26-,27+,28+/m1/s1. The molecule has 0 fully saturated rings. The second-order valence-corrected chi connectivity index (χ2v) is 8.91. The van der Waals surface area contributed by atoms with E-state index in [2.05, 4.69) is 0 Å². The zero-order valence-corrected chi connectivity index (χ0v) is 20.2. The van der Waals surface area contributed by atoms with Crippen LogP contribution in [0.3, 0.4) is 0 Å². The number of esters is 4. The fourth-order valence-corrected chi connectivity index (χ4v) is 5.40. The summed E-state index contributed by atoms with van der Waals surface area (Å²) in [6.07, 6.45) is -3.74. The maximum Gasteiger partial charge on any atom is 0.303 e. The van der Waals surface area contributed by atoms with E-state index in [-0.39, 0.29) is 0 Å². The van der Waals surface area contributed by atoms with Crippen LogP contribution in [0, 0.1) is 0 Å². The van der Waals surface area contributed by atoms with Crippen molar-refractivity contribution in [3.8, 4) is 11.1 Å². The van der Waals surface area contributed by atoms with Crippen LogP contribution in [-0.4, -0.2) is 23.9 Å². The Kier molecular flexibility index (Phi) is 5.74. The molecule has 5 rings (SSSR count). The third-order valence-corrected chi connectivity index (χ3v) is 6.42. The molecule has 0 radical (unpaired) electrons. The topological polar surface area (TPSA) is 105 Å². The number of fused-ring (bicyclic) bond motifs is 2. The van der Waals surface area contributed by atoms with Crippen molar-refractivity contribution in [2.45, 2.75) is 52.1 Å². The van der Waals surface area contributed by atoms with Crippen LogP contribution in [0.15, 0.2) is 48.5 Å². The zero-order valence-electron chi connectivity index (χ0n) is 20.2. The first-order valence-electron chi connectivity index (χ1n) is 11.5. The van der Waals surface area contributed by atoms with Crippen molar-refractivity contribution < 1.29 is 38.1 Å². The summed E-state index contributed by atoms with van der Waals surface area (Å²) in [4.78, 5) is 48.8. The molecule has 0 N–H and O–H groups in total. The van der Waals surface area contributed by atoms with Crippen molar-refractivity contribution in [2.24, 2.45) is 0 Å². The molecule has 36 heavy (non-hydrogen) atoms. The van der Waals surface area contributed by atoms with Crippen molar-refractivity contribution in [1.82, 2.24) is 0 Å². The molecule has 8 nitrogen and oxygen atoms in total. The van der Waals surface area contributed by atoms with Crippen LogP contribution in [0.5, 0.6) is 0 Å². The first kappa shape index (κ1) is 23.5. The van der Waals surface area contributed by atoms with Gasteiger partial charge < -0.3 is 18.9 Å². The van der Waals surface area contributed by atoms with E-state index in [0.29, 0.717) is 33.4 Å². The molecule has 0 spiro atoms. The van der Waals surface area contributed by atoms with Gasteiger partial charge >= 0.3 is 23.9 Å². The van der Waals surface area contributed by atoms with Gasteiger partial charge in [-0.25, -0.2) is 0 Å². The highest BCUT2D eigenvalue weighted by Gasteiger charge is 2.48. The van der Waals surface area contributed by atoms with E-state index >= 15 is 0 Å². The summed E-state index contributed by atoms with van der Waals surface area (Å²) >= 11 is 0. The van der Waals surface area contributed by atoms with Crippen LogP contribution in [0.4, 0.5) is 0 Å². The first-order chi connectivity index (χ1) is 17.2. The van der Waals surface area contributed by atoms with Gasteiger partial charge in [0.25, 0.3) is 0 Å². The van der Waals surface area contributed by atoms with E-state index in [4.69, 9.17) is 18.9 Å². The molecule has 2 aliphatic rings. The van der Waals surface area contributed by atoms with E-state index in [1.165, 1.54) is 27.7 Å². The van der Waals surface area contributed by atoms with Gasteiger partial charge in [0.05, 0.1) is 0 Å². The molecule has 0 bridgehead atoms. The number of ether oxygens (including phenoxy) is 4. The van der Waals surface area contributed by atoms with Gasteiger partial charge in [-0.2, -0.15) is 0 Å². The third-order valence-electron chi connectivity index (χ3n) is 6.42. The summed E-state index contributed by atoms with van der Waals surface area (Å²) < 4.78 is 23.0. The van der Waals surface area contributed by atoms with Crippen LogP contribution in [0.1, 0.15) is 74.4 Å². The molecule has 0 aliphatic heterocycles. The second-order valence-electron chi connectivity index (χ2n) is 8.91. The van der Waals surface area contributed by atoms with Crippen molar-refractivity contribution in [3.63, 3.8) is 0 Å². The lowest BCUT2D eigenvalue weighted by molar-refractivity contribution is -0.168. The first-order valence-corrected chi connectivity index (χ1v) is 11.5. The van der Waals surface area contributed by atoms with Crippen LogP contribution in [0.2, 0.25) is 0 Å². The molecule has 0 aromatic heterocycles. The number of hydrogen-bond donors (Lipinski definition) is 0. The highest BCUT2D eigenvalue weighted by molar-refractivity contribution is 5.98. The summed E-state index contributed by atoms with van der Waals surface area (Å²) in [6.45, 7) is 5.18. The van der Waals surface area contributed by atoms with Crippen LogP contribution < -0.4 is 0 Å². The van der Waals surface area contributed by atoms with Gasteiger partial charge in [-0.1, -0.05) is 42.5 Å². The Morgan fingerprint density at radius 3 is 1.58 bits per heavy atom. The summed E-state index contributed by atoms with van der Waals surface area (Å²) in [5, 5.41) is 1.60. The monoisotopic (exact) mass is 488 g/mol. The normalized spacial score (nSPS) is 21.2. The number of rotatable bonds is 4. The summed E-state index contributed by atoms with van der Waals surface area (Å²) in [6, 6.07) is 14.7. The lowest BCUT2D eigenvalue weighted by Gasteiger charge is -2.42. The van der Waals surface area contributed by atoms with Crippen LogP contribution in [-0.2, 0) is 38.1 Å². The van der Waals surface area contributed by atoms with Gasteiger partial charge in [-0.15, -0.1) is 0 Å². The largest absolute Gasteiger partial charge is 0.453 e. The van der Waals surface area contributed by atoms with E-state index < -0.39 is 48.3 Å². The van der Waals surface area contributed by atoms with Gasteiger partial charge in [0, 0.05) is 49.9 Å². The average molecular weight is 488 g/mol. The molecule has 0 unspecified atom stereocenters. The fourth-order valence-electron chi connectivity index (χ4n) is 5.40. The second kappa shape index (κ2) is 8.78. The van der Waals surface area contributed by atoms with Crippen molar-refractivity contribution in [3.05, 3.63) is 70.8 Å². The predicted molar refractivity (Wildman–Crippen MR) is 127 cm³/mol. The van der Waals surface area contributed by atoms with Crippen molar-refractivity contribution in [1.29, 1.82) is 0 Å². The SMILES string of the molecule is CC(=O)O[C@@H]1c2cccc3c2-c2c(cc4ccccc4c2[C@H](OC(C)=O)[C@@H]3OC(C)=O)[C@@H]1OC(C)=O. The molecule has 2 aliphatic carbocycles. The van der Waals surface area contributed by atoms with E-state index in [9.17, 15) is 19.2 Å². The minimum absolute atomic E-state index is 0.538. The lowest BCUT2D eigenvalue weighted by atomic mass is 9.70. The molecular formula is C28H24O8. The van der Waals surface area contributed by atoms with E-state index in [1.54, 1.807) is 18.2 Å².